The molecule has 4 heteroatoms. The number of halogens is 3. The van der Waals surface area contributed by atoms with Crippen molar-refractivity contribution in [3.05, 3.63) is 29.8 Å². The molecular weight excluding hydrogens is 255 g/mol. The molecule has 0 amide bonds. The highest BCUT2D eigenvalue weighted by Crippen LogP contribution is 2.37. The predicted octanol–water partition coefficient (Wildman–Crippen LogP) is 4.06. The first-order chi connectivity index (χ1) is 6.23. The van der Waals surface area contributed by atoms with E-state index in [0.717, 1.165) is 5.56 Å². The van der Waals surface area contributed by atoms with E-state index in [1.165, 1.54) is 5.19 Å². The zero-order valence-electron chi connectivity index (χ0n) is 8.44. The Hall–Kier alpha value is 0.307. The molecule has 0 spiro atoms. The first-order valence-electron chi connectivity index (χ1n) is 4.39. The summed E-state index contributed by atoms with van der Waals surface area (Å²) in [6, 6.07) is 7.85. The maximum Gasteiger partial charge on any atom is 0.215 e. The number of alkyl halides is 3. The fourth-order valence-electron chi connectivity index (χ4n) is 1.38. The smallest absolute Gasteiger partial charge is 0.0784 e. The van der Waals surface area contributed by atoms with Crippen LogP contribution in [0.3, 0.4) is 0 Å². The van der Waals surface area contributed by atoms with E-state index in [-0.39, 0.29) is 0 Å². The molecule has 14 heavy (non-hydrogen) atoms. The van der Waals surface area contributed by atoms with Crippen molar-refractivity contribution in [3.63, 3.8) is 0 Å². The largest absolute Gasteiger partial charge is 0.215 e. The van der Waals surface area contributed by atoms with Gasteiger partial charge in [-0.1, -0.05) is 83.9 Å². The molecule has 0 aromatic heterocycles. The zero-order chi connectivity index (χ0) is 11.0. The summed E-state index contributed by atoms with van der Waals surface area (Å²) >= 11 is 17.8. The van der Waals surface area contributed by atoms with E-state index in [1.807, 2.05) is 18.2 Å². The minimum atomic E-state index is -1.44. The molecule has 0 saturated heterocycles. The summed E-state index contributed by atoms with van der Waals surface area (Å²) in [4.78, 5) is 0. The second-order valence-corrected chi connectivity index (χ2v) is 11.6. The molecule has 0 N–H and O–H groups in total. The van der Waals surface area contributed by atoms with Crippen LogP contribution in [-0.4, -0.2) is 8.07 Å². The van der Waals surface area contributed by atoms with E-state index in [2.05, 4.69) is 25.7 Å². The maximum absolute atomic E-state index is 5.92. The van der Waals surface area contributed by atoms with Crippen LogP contribution in [0, 0.1) is 0 Å². The fraction of sp³-hybridized carbons (Fsp3) is 0.400. The summed E-state index contributed by atoms with van der Waals surface area (Å²) in [7, 11) is -1.44. The van der Waals surface area contributed by atoms with Gasteiger partial charge in [0.05, 0.1) is 8.07 Å². The number of hydrogen-bond acceptors (Lipinski definition) is 0. The van der Waals surface area contributed by atoms with Gasteiger partial charge >= 0.3 is 0 Å². The molecule has 0 aliphatic heterocycles. The summed E-state index contributed by atoms with van der Waals surface area (Å²) in [6.07, 6.45) is 0. The lowest BCUT2D eigenvalue weighted by atomic mass is 10.2. The number of benzene rings is 1. The second-order valence-electron chi connectivity index (χ2n) is 4.29. The van der Waals surface area contributed by atoms with Crippen LogP contribution in [0.25, 0.3) is 0 Å². The fourth-order valence-corrected chi connectivity index (χ4v) is 3.79. The molecule has 0 aliphatic carbocycles. The molecule has 0 heterocycles. The Bertz CT molecular complexity index is 290. The molecule has 0 unspecified atom stereocenters. The van der Waals surface area contributed by atoms with Crippen molar-refractivity contribution in [2.75, 3.05) is 0 Å². The highest BCUT2D eigenvalue weighted by Gasteiger charge is 2.30. The molecule has 0 atom stereocenters. The Morgan fingerprint density at radius 3 is 1.86 bits per heavy atom. The highest BCUT2D eigenvalue weighted by atomic mass is 35.6. The van der Waals surface area contributed by atoms with Gasteiger partial charge in [-0.2, -0.15) is 0 Å². The maximum atomic E-state index is 5.92. The van der Waals surface area contributed by atoms with Crippen molar-refractivity contribution in [3.8, 4) is 0 Å². The average Bonchev–Trinajstić information content (AvgIpc) is 2.01. The molecule has 1 aromatic rings. The van der Waals surface area contributed by atoms with Gasteiger partial charge in [-0.3, -0.25) is 0 Å². The normalized spacial score (nSPS) is 13.0. The second kappa shape index (κ2) is 4.05. The third kappa shape index (κ3) is 2.90. The summed E-state index contributed by atoms with van der Waals surface area (Å²) in [5.74, 6) is 0. The van der Waals surface area contributed by atoms with Crippen LogP contribution in [0.5, 0.6) is 0 Å². The number of hydrogen-bond donors (Lipinski definition) is 0. The van der Waals surface area contributed by atoms with E-state index in [0.29, 0.717) is 0 Å². The van der Waals surface area contributed by atoms with Gasteiger partial charge in [0.25, 0.3) is 0 Å². The molecule has 0 fully saturated rings. The summed E-state index contributed by atoms with van der Waals surface area (Å²) in [5, 5.41) is 1.21. The molecule has 1 aromatic carbocycles. The molecule has 0 radical (unpaired) electrons. The SMILES string of the molecule is C[Si](C)(C)c1ccccc1C(Cl)(Cl)Cl. The zero-order valence-corrected chi connectivity index (χ0v) is 11.7. The molecule has 78 valence electrons. The molecule has 0 nitrogen and oxygen atoms in total. The minimum Gasteiger partial charge on any atom is -0.0784 e. The van der Waals surface area contributed by atoms with Gasteiger partial charge in [0.15, 0.2) is 0 Å². The molecular formula is C10H13Cl3Si. The van der Waals surface area contributed by atoms with Gasteiger partial charge in [-0.25, -0.2) is 0 Å². The Labute approximate surface area is 101 Å². The van der Waals surface area contributed by atoms with Gasteiger partial charge in [0.2, 0.25) is 3.79 Å². The third-order valence-electron chi connectivity index (χ3n) is 2.04. The van der Waals surface area contributed by atoms with Crippen molar-refractivity contribution in [2.45, 2.75) is 23.4 Å². The summed E-state index contributed by atoms with van der Waals surface area (Å²) in [5.41, 5.74) is 0.823. The lowest BCUT2D eigenvalue weighted by molar-refractivity contribution is 1.26. The Morgan fingerprint density at radius 2 is 1.50 bits per heavy atom. The van der Waals surface area contributed by atoms with Crippen molar-refractivity contribution >= 4 is 48.1 Å². The van der Waals surface area contributed by atoms with Gasteiger partial charge in [-0.15, -0.1) is 0 Å². The summed E-state index contributed by atoms with van der Waals surface area (Å²) < 4.78 is -1.31. The van der Waals surface area contributed by atoms with E-state index in [1.54, 1.807) is 0 Å². The van der Waals surface area contributed by atoms with E-state index >= 15 is 0 Å². The summed E-state index contributed by atoms with van der Waals surface area (Å²) in [6.45, 7) is 6.72. The Balaban J connectivity index is 3.31. The van der Waals surface area contributed by atoms with E-state index in [9.17, 15) is 0 Å². The van der Waals surface area contributed by atoms with Crippen LogP contribution < -0.4 is 5.19 Å². The van der Waals surface area contributed by atoms with E-state index in [4.69, 9.17) is 34.8 Å². The lowest BCUT2D eigenvalue weighted by Crippen LogP contribution is -2.41. The quantitative estimate of drug-likeness (QED) is 0.532. The van der Waals surface area contributed by atoms with Gasteiger partial charge in [0, 0.05) is 5.56 Å². The molecule has 0 bridgehead atoms. The third-order valence-corrected chi connectivity index (χ3v) is 4.70. The van der Waals surface area contributed by atoms with Crippen LogP contribution >= 0.6 is 34.8 Å². The lowest BCUT2D eigenvalue weighted by Gasteiger charge is -2.24. The van der Waals surface area contributed by atoms with Crippen LogP contribution in [0.4, 0.5) is 0 Å². The van der Waals surface area contributed by atoms with Gasteiger partial charge in [-0.05, 0) is 0 Å². The molecule has 0 aliphatic rings. The van der Waals surface area contributed by atoms with Gasteiger partial charge in [0.1, 0.15) is 0 Å². The van der Waals surface area contributed by atoms with Crippen molar-refractivity contribution in [2.24, 2.45) is 0 Å². The van der Waals surface area contributed by atoms with Crippen LogP contribution in [0.2, 0.25) is 19.6 Å². The van der Waals surface area contributed by atoms with Crippen molar-refractivity contribution in [1.82, 2.24) is 0 Å². The number of rotatable bonds is 1. The Kier molecular flexibility index (Phi) is 3.58. The predicted molar refractivity (Wildman–Crippen MR) is 68.7 cm³/mol. The van der Waals surface area contributed by atoms with Crippen molar-refractivity contribution < 1.29 is 0 Å². The molecule has 0 saturated carbocycles. The van der Waals surface area contributed by atoms with Crippen LogP contribution in [0.15, 0.2) is 24.3 Å². The Morgan fingerprint density at radius 1 is 1.00 bits per heavy atom. The average molecular weight is 268 g/mol. The first kappa shape index (κ1) is 12.4. The highest BCUT2D eigenvalue weighted by molar-refractivity contribution is 6.89. The van der Waals surface area contributed by atoms with Crippen LogP contribution in [0.1, 0.15) is 5.56 Å². The topological polar surface area (TPSA) is 0 Å². The molecule has 1 rings (SSSR count). The monoisotopic (exact) mass is 266 g/mol. The minimum absolute atomic E-state index is 0.823. The standard InChI is InChI=1S/C10H13Cl3Si/c1-14(2,3)9-7-5-4-6-8(9)10(11,12)13/h4-7H,1-3H3. The van der Waals surface area contributed by atoms with Crippen molar-refractivity contribution in [1.29, 1.82) is 0 Å². The first-order valence-corrected chi connectivity index (χ1v) is 9.03. The van der Waals surface area contributed by atoms with E-state index < -0.39 is 11.9 Å². The van der Waals surface area contributed by atoms with Gasteiger partial charge < -0.3 is 0 Å². The van der Waals surface area contributed by atoms with Crippen LogP contribution in [-0.2, 0) is 3.79 Å².